The van der Waals surface area contributed by atoms with Crippen LogP contribution in [-0.2, 0) is 14.8 Å². The average molecular weight is 544 g/mol. The number of nitrogens with zero attached hydrogens (tertiary/aromatic N) is 2. The Morgan fingerprint density at radius 1 is 1.03 bits per heavy atom. The molecule has 0 fully saturated rings. The number of amides is 1. The van der Waals surface area contributed by atoms with Crippen molar-refractivity contribution in [2.45, 2.75) is 25.7 Å². The summed E-state index contributed by atoms with van der Waals surface area (Å²) in [5, 5.41) is 4.38. The van der Waals surface area contributed by atoms with Gasteiger partial charge in [0.1, 0.15) is 18.0 Å². The van der Waals surface area contributed by atoms with Gasteiger partial charge in [-0.1, -0.05) is 37.6 Å². The molecule has 0 aliphatic carbocycles. The van der Waals surface area contributed by atoms with Crippen molar-refractivity contribution in [1.29, 1.82) is 0 Å². The molecule has 0 atom stereocenters. The summed E-state index contributed by atoms with van der Waals surface area (Å²) in [5.41, 5.74) is 3.37. The van der Waals surface area contributed by atoms with E-state index in [1.165, 1.54) is 30.5 Å². The van der Waals surface area contributed by atoms with Crippen molar-refractivity contribution in [2.75, 3.05) is 24.1 Å². The number of hydrogen-bond donors (Lipinski definition) is 1. The molecule has 0 saturated heterocycles. The normalized spacial score (nSPS) is 11.5. The quantitative estimate of drug-likeness (QED) is 0.252. The van der Waals surface area contributed by atoms with E-state index in [0.29, 0.717) is 29.9 Å². The minimum absolute atomic E-state index is 0.0146. The Labute approximate surface area is 222 Å². The van der Waals surface area contributed by atoms with Crippen LogP contribution in [-0.4, -0.2) is 40.3 Å². The first-order valence-corrected chi connectivity index (χ1v) is 13.6. The van der Waals surface area contributed by atoms with Crippen LogP contribution in [0.3, 0.4) is 0 Å². The predicted molar refractivity (Wildman–Crippen MR) is 146 cm³/mol. The summed E-state index contributed by atoms with van der Waals surface area (Å²) < 4.78 is 39.4. The number of carbonyl (C=O) groups excluding carboxylic acids is 1. The maximum Gasteiger partial charge on any atom is 0.264 e. The lowest BCUT2D eigenvalue weighted by Gasteiger charge is -2.25. The predicted octanol–water partition coefficient (Wildman–Crippen LogP) is 5.12. The van der Waals surface area contributed by atoms with Gasteiger partial charge in [0.15, 0.2) is 0 Å². The van der Waals surface area contributed by atoms with Gasteiger partial charge in [0.2, 0.25) is 0 Å². The van der Waals surface area contributed by atoms with Crippen LogP contribution in [0.2, 0.25) is 5.02 Å². The molecule has 3 aromatic carbocycles. The minimum Gasteiger partial charge on any atom is -0.493 e. The Hall–Kier alpha value is -3.56. The molecule has 0 unspecified atom stereocenters. The van der Waals surface area contributed by atoms with Gasteiger partial charge in [-0.3, -0.25) is 9.10 Å². The number of nitrogens with one attached hydrogen (secondary N) is 1. The Bertz CT molecular complexity index is 1310. The van der Waals surface area contributed by atoms with Crippen molar-refractivity contribution in [3.8, 4) is 11.5 Å². The number of anilines is 1. The van der Waals surface area contributed by atoms with E-state index < -0.39 is 22.5 Å². The molecule has 0 aliphatic heterocycles. The van der Waals surface area contributed by atoms with Gasteiger partial charge in [-0.15, -0.1) is 0 Å². The third kappa shape index (κ3) is 7.96. The summed E-state index contributed by atoms with van der Waals surface area (Å²) in [6.45, 7) is 6.35. The first-order valence-electron chi connectivity index (χ1n) is 11.8. The highest BCUT2D eigenvalue weighted by Crippen LogP contribution is 2.32. The van der Waals surface area contributed by atoms with Crippen LogP contribution in [0.4, 0.5) is 5.69 Å². The third-order valence-corrected chi connectivity index (χ3v) is 7.01. The lowest BCUT2D eigenvalue weighted by Crippen LogP contribution is -2.39. The van der Waals surface area contributed by atoms with E-state index in [0.717, 1.165) is 15.6 Å². The van der Waals surface area contributed by atoms with Gasteiger partial charge in [-0.05, 0) is 79.1 Å². The van der Waals surface area contributed by atoms with Crippen LogP contribution in [0, 0.1) is 5.92 Å². The number of ether oxygens (including phenoxy) is 2. The molecule has 0 aliphatic rings. The van der Waals surface area contributed by atoms with Gasteiger partial charge in [-0.2, -0.15) is 5.10 Å². The average Bonchev–Trinajstić information content (AvgIpc) is 2.87. The summed E-state index contributed by atoms with van der Waals surface area (Å²) in [7, 11) is -4.13. The molecule has 0 spiro atoms. The van der Waals surface area contributed by atoms with Crippen LogP contribution in [0.5, 0.6) is 11.5 Å². The zero-order valence-corrected chi connectivity index (χ0v) is 22.5. The van der Waals surface area contributed by atoms with Crippen molar-refractivity contribution in [3.05, 3.63) is 83.4 Å². The fourth-order valence-electron chi connectivity index (χ4n) is 3.23. The number of carbonyl (C=O) groups is 1. The second kappa shape index (κ2) is 13.1. The van der Waals surface area contributed by atoms with Crippen molar-refractivity contribution >= 4 is 39.4 Å². The number of sulfonamides is 1. The van der Waals surface area contributed by atoms with Gasteiger partial charge in [0.25, 0.3) is 15.9 Å². The molecule has 10 heteroatoms. The highest BCUT2D eigenvalue weighted by atomic mass is 35.5. The number of rotatable bonds is 12. The van der Waals surface area contributed by atoms with Crippen molar-refractivity contribution in [2.24, 2.45) is 11.0 Å². The molecule has 3 aromatic rings. The SMILES string of the molecule is CCOc1ccccc1N(CC(=O)N/N=C\c1ccc(OCC(C)C)cc1)S(=O)(=O)c1ccc(Cl)cc1. The molecule has 37 heavy (non-hydrogen) atoms. The zero-order valence-electron chi connectivity index (χ0n) is 20.9. The molecule has 0 aromatic heterocycles. The lowest BCUT2D eigenvalue weighted by atomic mass is 10.2. The molecule has 0 radical (unpaired) electrons. The van der Waals surface area contributed by atoms with Gasteiger partial charge in [0, 0.05) is 5.02 Å². The monoisotopic (exact) mass is 543 g/mol. The fraction of sp³-hybridized carbons (Fsp3) is 0.259. The molecule has 8 nitrogen and oxygen atoms in total. The lowest BCUT2D eigenvalue weighted by molar-refractivity contribution is -0.119. The van der Waals surface area contributed by atoms with Crippen LogP contribution in [0.25, 0.3) is 0 Å². The Balaban J connectivity index is 1.78. The summed E-state index contributed by atoms with van der Waals surface area (Å²) >= 11 is 5.94. The van der Waals surface area contributed by atoms with Crippen LogP contribution in [0.1, 0.15) is 26.3 Å². The van der Waals surface area contributed by atoms with Crippen molar-refractivity contribution in [3.63, 3.8) is 0 Å². The smallest absolute Gasteiger partial charge is 0.264 e. The molecule has 0 bridgehead atoms. The number of hydrazone groups is 1. The summed E-state index contributed by atoms with van der Waals surface area (Å²) in [5.74, 6) is 0.863. The van der Waals surface area contributed by atoms with Crippen molar-refractivity contribution in [1.82, 2.24) is 5.43 Å². The Morgan fingerprint density at radius 2 is 1.70 bits per heavy atom. The highest BCUT2D eigenvalue weighted by Gasteiger charge is 2.29. The molecular weight excluding hydrogens is 514 g/mol. The van der Waals surface area contributed by atoms with E-state index in [2.05, 4.69) is 24.4 Å². The number of para-hydroxylation sites is 2. The van der Waals surface area contributed by atoms with Gasteiger partial charge < -0.3 is 9.47 Å². The standard InChI is InChI=1S/C27H30ClN3O5S/c1-4-35-26-8-6-5-7-25(26)31(37(33,34)24-15-11-22(28)12-16-24)18-27(32)30-29-17-21-9-13-23(14-10-21)36-19-20(2)3/h5-17,20H,4,18-19H2,1-3H3,(H,30,32)/b29-17-. The third-order valence-electron chi connectivity index (χ3n) is 4.99. The van der Waals surface area contributed by atoms with Crippen LogP contribution in [0.15, 0.2) is 82.8 Å². The molecule has 0 saturated carbocycles. The number of benzene rings is 3. The Kier molecular flexibility index (Phi) is 9.93. The molecule has 3 rings (SSSR count). The van der Waals surface area contributed by atoms with Gasteiger partial charge in [-0.25, -0.2) is 13.8 Å². The number of halogens is 1. The maximum atomic E-state index is 13.6. The zero-order chi connectivity index (χ0) is 26.8. The van der Waals surface area contributed by atoms with Crippen LogP contribution < -0.4 is 19.2 Å². The van der Waals surface area contributed by atoms with Crippen LogP contribution >= 0.6 is 11.6 Å². The topological polar surface area (TPSA) is 97.3 Å². The maximum absolute atomic E-state index is 13.6. The van der Waals surface area contributed by atoms with Gasteiger partial charge >= 0.3 is 0 Å². The summed E-state index contributed by atoms with van der Waals surface area (Å²) in [4.78, 5) is 12.8. The summed E-state index contributed by atoms with van der Waals surface area (Å²) in [6.07, 6.45) is 1.47. The van der Waals surface area contributed by atoms with E-state index in [4.69, 9.17) is 21.1 Å². The molecule has 196 valence electrons. The van der Waals surface area contributed by atoms with E-state index in [1.54, 1.807) is 43.3 Å². The van der Waals surface area contributed by atoms with E-state index in [9.17, 15) is 13.2 Å². The fourth-order valence-corrected chi connectivity index (χ4v) is 4.79. The highest BCUT2D eigenvalue weighted by molar-refractivity contribution is 7.92. The van der Waals surface area contributed by atoms with E-state index in [1.807, 2.05) is 12.1 Å². The number of hydrogen-bond acceptors (Lipinski definition) is 6. The molecular formula is C27H30ClN3O5S. The first kappa shape index (κ1) is 28.0. The first-order chi connectivity index (χ1) is 17.7. The van der Waals surface area contributed by atoms with E-state index >= 15 is 0 Å². The molecule has 0 heterocycles. The molecule has 1 N–H and O–H groups in total. The van der Waals surface area contributed by atoms with Crippen molar-refractivity contribution < 1.29 is 22.7 Å². The second-order valence-electron chi connectivity index (χ2n) is 8.43. The molecule has 1 amide bonds. The Morgan fingerprint density at radius 3 is 2.35 bits per heavy atom. The second-order valence-corrected chi connectivity index (χ2v) is 10.7. The largest absolute Gasteiger partial charge is 0.493 e. The van der Waals surface area contributed by atoms with E-state index in [-0.39, 0.29) is 10.6 Å². The van der Waals surface area contributed by atoms with Gasteiger partial charge in [0.05, 0.1) is 30.0 Å². The summed E-state index contributed by atoms with van der Waals surface area (Å²) in [6, 6.07) is 19.6. The minimum atomic E-state index is -4.13.